The van der Waals surface area contributed by atoms with Crippen molar-refractivity contribution in [2.24, 2.45) is 5.73 Å². The van der Waals surface area contributed by atoms with Crippen molar-refractivity contribution in [2.45, 2.75) is 13.2 Å². The average Bonchev–Trinajstić information content (AvgIpc) is 2.41. The van der Waals surface area contributed by atoms with Crippen molar-refractivity contribution < 1.29 is 9.13 Å². The van der Waals surface area contributed by atoms with Crippen LogP contribution in [-0.2, 0) is 13.2 Å². The monoisotopic (exact) mass is 309 g/mol. The van der Waals surface area contributed by atoms with Gasteiger partial charge in [0, 0.05) is 6.54 Å². The highest BCUT2D eigenvalue weighted by Crippen LogP contribution is 2.19. The molecular formula is C14H13BrFNO. The fourth-order valence-electron chi connectivity index (χ4n) is 1.52. The Labute approximate surface area is 114 Å². The number of hydrogen-bond donors (Lipinski definition) is 1. The molecule has 0 aliphatic rings. The highest BCUT2D eigenvalue weighted by molar-refractivity contribution is 9.10. The van der Waals surface area contributed by atoms with Gasteiger partial charge in [-0.05, 0) is 51.3 Å². The third kappa shape index (κ3) is 3.31. The second-order valence-corrected chi connectivity index (χ2v) is 4.74. The van der Waals surface area contributed by atoms with Gasteiger partial charge in [-0.2, -0.15) is 0 Å². The van der Waals surface area contributed by atoms with E-state index in [-0.39, 0.29) is 5.82 Å². The molecule has 0 saturated carbocycles. The van der Waals surface area contributed by atoms with Gasteiger partial charge in [0.05, 0.1) is 4.47 Å². The first-order valence-electron chi connectivity index (χ1n) is 5.55. The molecule has 2 N–H and O–H groups in total. The molecule has 0 aromatic heterocycles. The van der Waals surface area contributed by atoms with E-state index < -0.39 is 0 Å². The largest absolute Gasteiger partial charge is 0.489 e. The summed E-state index contributed by atoms with van der Waals surface area (Å²) in [6.45, 7) is 0.923. The van der Waals surface area contributed by atoms with Crippen molar-refractivity contribution in [1.29, 1.82) is 0 Å². The zero-order valence-electron chi connectivity index (χ0n) is 9.70. The highest BCUT2D eigenvalue weighted by atomic mass is 79.9. The standard InChI is InChI=1S/C14H13BrFNO/c15-13-7-11(3-6-14(13)16)9-18-12-4-1-10(8-17)2-5-12/h1-7H,8-9,17H2. The van der Waals surface area contributed by atoms with E-state index in [1.54, 1.807) is 12.1 Å². The molecule has 0 aliphatic carbocycles. The van der Waals surface area contributed by atoms with E-state index in [1.165, 1.54) is 6.07 Å². The molecule has 2 nitrogen and oxygen atoms in total. The van der Waals surface area contributed by atoms with Gasteiger partial charge in [0.25, 0.3) is 0 Å². The third-order valence-electron chi connectivity index (χ3n) is 2.55. The predicted octanol–water partition coefficient (Wildman–Crippen LogP) is 3.63. The Kier molecular flexibility index (Phi) is 4.33. The van der Waals surface area contributed by atoms with Crippen LogP contribution in [0.2, 0.25) is 0 Å². The summed E-state index contributed by atoms with van der Waals surface area (Å²) in [5, 5.41) is 0. The minimum atomic E-state index is -0.272. The first-order valence-corrected chi connectivity index (χ1v) is 6.34. The Balaban J connectivity index is 1.99. The van der Waals surface area contributed by atoms with Crippen LogP contribution in [-0.4, -0.2) is 0 Å². The maximum Gasteiger partial charge on any atom is 0.137 e. The van der Waals surface area contributed by atoms with Crippen LogP contribution < -0.4 is 10.5 Å². The Bertz CT molecular complexity index is 528. The normalized spacial score (nSPS) is 10.4. The summed E-state index contributed by atoms with van der Waals surface area (Å²) >= 11 is 3.15. The summed E-state index contributed by atoms with van der Waals surface area (Å²) in [6, 6.07) is 12.4. The van der Waals surface area contributed by atoms with Gasteiger partial charge in [-0.15, -0.1) is 0 Å². The molecule has 0 heterocycles. The molecule has 0 aliphatic heterocycles. The summed E-state index contributed by atoms with van der Waals surface area (Å²) in [5.41, 5.74) is 7.48. The van der Waals surface area contributed by atoms with Gasteiger partial charge in [0.1, 0.15) is 18.2 Å². The molecular weight excluding hydrogens is 297 g/mol. The fraction of sp³-hybridized carbons (Fsp3) is 0.143. The lowest BCUT2D eigenvalue weighted by Crippen LogP contribution is -1.98. The topological polar surface area (TPSA) is 35.2 Å². The zero-order valence-corrected chi connectivity index (χ0v) is 11.3. The van der Waals surface area contributed by atoms with Crippen LogP contribution in [0.25, 0.3) is 0 Å². The third-order valence-corrected chi connectivity index (χ3v) is 3.16. The van der Waals surface area contributed by atoms with Gasteiger partial charge >= 0.3 is 0 Å². The first kappa shape index (κ1) is 13.1. The summed E-state index contributed by atoms with van der Waals surface area (Å²) in [7, 11) is 0. The Morgan fingerprint density at radius 3 is 2.33 bits per heavy atom. The van der Waals surface area contributed by atoms with Crippen molar-refractivity contribution >= 4 is 15.9 Å². The molecule has 4 heteroatoms. The molecule has 0 amide bonds. The van der Waals surface area contributed by atoms with E-state index >= 15 is 0 Å². The minimum absolute atomic E-state index is 0.272. The van der Waals surface area contributed by atoms with Crippen molar-refractivity contribution in [3.8, 4) is 5.75 Å². The van der Waals surface area contributed by atoms with Crippen LogP contribution in [0.4, 0.5) is 4.39 Å². The van der Waals surface area contributed by atoms with Crippen LogP contribution in [0.5, 0.6) is 5.75 Å². The van der Waals surface area contributed by atoms with Crippen LogP contribution in [0, 0.1) is 5.82 Å². The molecule has 0 unspecified atom stereocenters. The number of benzene rings is 2. The lowest BCUT2D eigenvalue weighted by Gasteiger charge is -2.07. The summed E-state index contributed by atoms with van der Waals surface area (Å²) in [5.74, 6) is 0.499. The van der Waals surface area contributed by atoms with Gasteiger partial charge in [-0.1, -0.05) is 18.2 Å². The van der Waals surface area contributed by atoms with Crippen LogP contribution in [0.1, 0.15) is 11.1 Å². The Hall–Kier alpha value is -1.39. The smallest absolute Gasteiger partial charge is 0.137 e. The lowest BCUT2D eigenvalue weighted by atomic mass is 10.2. The average molecular weight is 310 g/mol. The second kappa shape index (κ2) is 5.98. The van der Waals surface area contributed by atoms with Crippen molar-refractivity contribution in [1.82, 2.24) is 0 Å². The molecule has 0 spiro atoms. The van der Waals surface area contributed by atoms with Gasteiger partial charge in [-0.25, -0.2) is 4.39 Å². The van der Waals surface area contributed by atoms with Gasteiger partial charge in [0.15, 0.2) is 0 Å². The molecule has 94 valence electrons. The van der Waals surface area contributed by atoms with Gasteiger partial charge in [0.2, 0.25) is 0 Å². The SMILES string of the molecule is NCc1ccc(OCc2ccc(F)c(Br)c2)cc1. The molecule has 0 radical (unpaired) electrons. The Morgan fingerprint density at radius 1 is 1.06 bits per heavy atom. The molecule has 2 aromatic carbocycles. The maximum absolute atomic E-state index is 13.0. The molecule has 0 saturated heterocycles. The highest BCUT2D eigenvalue weighted by Gasteiger charge is 2.01. The number of ether oxygens (including phenoxy) is 1. The van der Waals surface area contributed by atoms with Crippen LogP contribution in [0.15, 0.2) is 46.9 Å². The maximum atomic E-state index is 13.0. The van der Waals surface area contributed by atoms with Crippen molar-refractivity contribution in [3.63, 3.8) is 0 Å². The summed E-state index contributed by atoms with van der Waals surface area (Å²) in [4.78, 5) is 0. The zero-order chi connectivity index (χ0) is 13.0. The van der Waals surface area contributed by atoms with Gasteiger partial charge < -0.3 is 10.5 Å². The van der Waals surface area contributed by atoms with E-state index in [9.17, 15) is 4.39 Å². The van der Waals surface area contributed by atoms with E-state index in [0.29, 0.717) is 17.6 Å². The molecule has 0 fully saturated rings. The number of halogens is 2. The molecule has 2 aromatic rings. The van der Waals surface area contributed by atoms with Crippen LogP contribution >= 0.6 is 15.9 Å². The number of rotatable bonds is 4. The van der Waals surface area contributed by atoms with Crippen molar-refractivity contribution in [2.75, 3.05) is 0 Å². The first-order chi connectivity index (χ1) is 8.69. The lowest BCUT2D eigenvalue weighted by molar-refractivity contribution is 0.306. The quantitative estimate of drug-likeness (QED) is 0.936. The summed E-state index contributed by atoms with van der Waals surface area (Å²) in [6.07, 6.45) is 0. The predicted molar refractivity (Wildman–Crippen MR) is 72.8 cm³/mol. The second-order valence-electron chi connectivity index (χ2n) is 3.89. The van der Waals surface area contributed by atoms with Crippen molar-refractivity contribution in [3.05, 3.63) is 63.9 Å². The van der Waals surface area contributed by atoms with Crippen LogP contribution in [0.3, 0.4) is 0 Å². The number of hydrogen-bond acceptors (Lipinski definition) is 2. The Morgan fingerprint density at radius 2 is 1.72 bits per heavy atom. The number of nitrogens with two attached hydrogens (primary N) is 1. The molecule has 18 heavy (non-hydrogen) atoms. The molecule has 0 atom stereocenters. The van der Waals surface area contributed by atoms with E-state index in [0.717, 1.165) is 16.9 Å². The minimum Gasteiger partial charge on any atom is -0.489 e. The molecule has 0 bridgehead atoms. The van der Waals surface area contributed by atoms with E-state index in [1.807, 2.05) is 24.3 Å². The van der Waals surface area contributed by atoms with Gasteiger partial charge in [-0.3, -0.25) is 0 Å². The van der Waals surface area contributed by atoms with E-state index in [2.05, 4.69) is 15.9 Å². The van der Waals surface area contributed by atoms with E-state index in [4.69, 9.17) is 10.5 Å². The molecule has 2 rings (SSSR count). The summed E-state index contributed by atoms with van der Waals surface area (Å²) < 4.78 is 19.1. The fourth-order valence-corrected chi connectivity index (χ4v) is 1.94.